The van der Waals surface area contributed by atoms with Crippen molar-refractivity contribution in [3.63, 3.8) is 0 Å². The number of hydrogen-bond donors (Lipinski definition) is 0. The summed E-state index contributed by atoms with van der Waals surface area (Å²) in [5.74, 6) is 0. The Morgan fingerprint density at radius 2 is 2.06 bits per heavy atom. The Kier molecular flexibility index (Phi) is 3.46. The van der Waals surface area contributed by atoms with Gasteiger partial charge in [0.25, 0.3) is 0 Å². The van der Waals surface area contributed by atoms with Gasteiger partial charge in [0.05, 0.1) is 24.0 Å². The van der Waals surface area contributed by atoms with Crippen LogP contribution in [0.25, 0.3) is 11.0 Å². The molecule has 0 saturated carbocycles. The van der Waals surface area contributed by atoms with E-state index in [0.29, 0.717) is 0 Å². The number of imidazole rings is 1. The lowest BCUT2D eigenvalue weighted by Crippen LogP contribution is -2.25. The van der Waals surface area contributed by atoms with Crippen molar-refractivity contribution in [2.24, 2.45) is 0 Å². The van der Waals surface area contributed by atoms with E-state index in [1.165, 1.54) is 0 Å². The lowest BCUT2D eigenvalue weighted by molar-refractivity contribution is 0.245. The standard InChI is InChI=1S/C12H16ClN3/c1-3-15(4-2)9-16-8-14-11-7-10(13)5-6-12(11)16/h5-8H,3-4,9H2,1-2H3. The second kappa shape index (κ2) is 4.85. The molecule has 0 atom stereocenters. The zero-order valence-electron chi connectivity index (χ0n) is 9.65. The third-order valence-corrected chi connectivity index (χ3v) is 3.06. The molecule has 0 unspecified atom stereocenters. The van der Waals surface area contributed by atoms with Crippen LogP contribution in [0.4, 0.5) is 0 Å². The van der Waals surface area contributed by atoms with Crippen LogP contribution in [0.5, 0.6) is 0 Å². The number of aromatic nitrogens is 2. The number of nitrogens with zero attached hydrogens (tertiary/aromatic N) is 3. The zero-order valence-corrected chi connectivity index (χ0v) is 10.4. The molecule has 0 aliphatic carbocycles. The van der Waals surface area contributed by atoms with E-state index in [2.05, 4.69) is 28.3 Å². The van der Waals surface area contributed by atoms with Gasteiger partial charge in [-0.05, 0) is 31.3 Å². The molecule has 1 aromatic carbocycles. The first-order chi connectivity index (χ1) is 7.74. The van der Waals surface area contributed by atoms with Gasteiger partial charge in [0, 0.05) is 5.02 Å². The maximum absolute atomic E-state index is 5.93. The van der Waals surface area contributed by atoms with Crippen molar-refractivity contribution in [1.82, 2.24) is 14.5 Å². The summed E-state index contributed by atoms with van der Waals surface area (Å²) in [7, 11) is 0. The molecule has 2 rings (SSSR count). The van der Waals surface area contributed by atoms with Crippen LogP contribution in [0.15, 0.2) is 24.5 Å². The van der Waals surface area contributed by atoms with Gasteiger partial charge in [-0.15, -0.1) is 0 Å². The van der Waals surface area contributed by atoms with Crippen molar-refractivity contribution < 1.29 is 0 Å². The molecule has 0 bridgehead atoms. The molecule has 0 aliphatic heterocycles. The van der Waals surface area contributed by atoms with Gasteiger partial charge in [0.15, 0.2) is 0 Å². The quantitative estimate of drug-likeness (QED) is 0.815. The number of fused-ring (bicyclic) bond motifs is 1. The predicted molar refractivity (Wildman–Crippen MR) is 67.7 cm³/mol. The molecular weight excluding hydrogens is 222 g/mol. The van der Waals surface area contributed by atoms with Crippen LogP contribution in [0.2, 0.25) is 5.02 Å². The van der Waals surface area contributed by atoms with Gasteiger partial charge >= 0.3 is 0 Å². The highest BCUT2D eigenvalue weighted by molar-refractivity contribution is 6.31. The summed E-state index contributed by atoms with van der Waals surface area (Å²) in [6.07, 6.45) is 1.87. The fourth-order valence-electron chi connectivity index (χ4n) is 1.79. The number of halogens is 1. The van der Waals surface area contributed by atoms with Crippen LogP contribution in [0.1, 0.15) is 13.8 Å². The van der Waals surface area contributed by atoms with Gasteiger partial charge in [-0.3, -0.25) is 4.90 Å². The smallest absolute Gasteiger partial charge is 0.0969 e. The highest BCUT2D eigenvalue weighted by Crippen LogP contribution is 2.18. The molecule has 0 saturated heterocycles. The molecule has 2 aromatic rings. The molecule has 0 fully saturated rings. The van der Waals surface area contributed by atoms with E-state index in [1.807, 2.05) is 24.5 Å². The van der Waals surface area contributed by atoms with E-state index in [4.69, 9.17) is 11.6 Å². The molecule has 0 spiro atoms. The summed E-state index contributed by atoms with van der Waals surface area (Å²) in [6.45, 7) is 7.30. The summed E-state index contributed by atoms with van der Waals surface area (Å²) in [5, 5.41) is 0.737. The van der Waals surface area contributed by atoms with Crippen LogP contribution >= 0.6 is 11.6 Å². The Balaban J connectivity index is 2.31. The molecular formula is C12H16ClN3. The van der Waals surface area contributed by atoms with Gasteiger partial charge < -0.3 is 4.57 Å². The maximum Gasteiger partial charge on any atom is 0.0969 e. The van der Waals surface area contributed by atoms with E-state index < -0.39 is 0 Å². The van der Waals surface area contributed by atoms with E-state index >= 15 is 0 Å². The summed E-state index contributed by atoms with van der Waals surface area (Å²) in [5.41, 5.74) is 2.09. The molecule has 0 aliphatic rings. The van der Waals surface area contributed by atoms with Crippen molar-refractivity contribution in [2.45, 2.75) is 20.5 Å². The van der Waals surface area contributed by atoms with Crippen LogP contribution < -0.4 is 0 Å². The van der Waals surface area contributed by atoms with E-state index in [9.17, 15) is 0 Å². The highest BCUT2D eigenvalue weighted by Gasteiger charge is 2.05. The van der Waals surface area contributed by atoms with E-state index in [0.717, 1.165) is 35.8 Å². The number of rotatable bonds is 4. The summed E-state index contributed by atoms with van der Waals surface area (Å²) >= 11 is 5.93. The molecule has 0 N–H and O–H groups in total. The Labute approximate surface area is 101 Å². The third kappa shape index (κ3) is 2.20. The van der Waals surface area contributed by atoms with E-state index in [1.54, 1.807) is 0 Å². The van der Waals surface area contributed by atoms with Crippen molar-refractivity contribution in [2.75, 3.05) is 13.1 Å². The fraction of sp³-hybridized carbons (Fsp3) is 0.417. The minimum atomic E-state index is 0.737. The second-order valence-electron chi connectivity index (χ2n) is 3.79. The van der Waals surface area contributed by atoms with Crippen LogP contribution in [0.3, 0.4) is 0 Å². The van der Waals surface area contributed by atoms with Crippen molar-refractivity contribution >= 4 is 22.6 Å². The highest BCUT2D eigenvalue weighted by atomic mass is 35.5. The molecule has 16 heavy (non-hydrogen) atoms. The average molecular weight is 238 g/mol. The fourth-order valence-corrected chi connectivity index (χ4v) is 1.96. The lowest BCUT2D eigenvalue weighted by atomic mass is 10.3. The monoisotopic (exact) mass is 237 g/mol. The summed E-state index contributed by atoms with van der Waals surface area (Å²) in [6, 6.07) is 5.83. The van der Waals surface area contributed by atoms with Crippen molar-refractivity contribution in [3.05, 3.63) is 29.5 Å². The average Bonchev–Trinajstić information content (AvgIpc) is 2.68. The Hall–Kier alpha value is -1.06. The third-order valence-electron chi connectivity index (χ3n) is 2.83. The molecule has 1 aromatic heterocycles. The minimum absolute atomic E-state index is 0.737. The first kappa shape index (κ1) is 11.4. The second-order valence-corrected chi connectivity index (χ2v) is 4.23. The van der Waals surface area contributed by atoms with Gasteiger partial charge in [-0.2, -0.15) is 0 Å². The maximum atomic E-state index is 5.93. The summed E-state index contributed by atoms with van der Waals surface area (Å²) in [4.78, 5) is 6.70. The van der Waals surface area contributed by atoms with Crippen LogP contribution in [-0.4, -0.2) is 27.5 Å². The minimum Gasteiger partial charge on any atom is -0.317 e. The molecule has 4 heteroatoms. The van der Waals surface area contributed by atoms with Gasteiger partial charge in [-0.25, -0.2) is 4.98 Å². The first-order valence-corrected chi connectivity index (χ1v) is 5.95. The van der Waals surface area contributed by atoms with Gasteiger partial charge in [0.2, 0.25) is 0 Å². The first-order valence-electron chi connectivity index (χ1n) is 5.57. The molecule has 0 amide bonds. The Bertz CT molecular complexity index is 474. The SMILES string of the molecule is CCN(CC)Cn1cnc2cc(Cl)ccc21. The van der Waals surface area contributed by atoms with Gasteiger partial charge in [-0.1, -0.05) is 25.4 Å². The van der Waals surface area contributed by atoms with Crippen molar-refractivity contribution in [1.29, 1.82) is 0 Å². The summed E-state index contributed by atoms with van der Waals surface area (Å²) < 4.78 is 2.15. The topological polar surface area (TPSA) is 21.1 Å². The van der Waals surface area contributed by atoms with Crippen molar-refractivity contribution in [3.8, 4) is 0 Å². The largest absolute Gasteiger partial charge is 0.317 e. The lowest BCUT2D eigenvalue weighted by Gasteiger charge is -2.18. The molecule has 86 valence electrons. The van der Waals surface area contributed by atoms with Crippen LogP contribution in [-0.2, 0) is 6.67 Å². The molecule has 3 nitrogen and oxygen atoms in total. The Morgan fingerprint density at radius 3 is 2.75 bits per heavy atom. The number of benzene rings is 1. The van der Waals surface area contributed by atoms with Gasteiger partial charge in [0.1, 0.15) is 0 Å². The zero-order chi connectivity index (χ0) is 11.5. The molecule has 0 radical (unpaired) electrons. The predicted octanol–water partition coefficient (Wildman–Crippen LogP) is 2.99. The number of hydrogen-bond acceptors (Lipinski definition) is 2. The normalized spacial score (nSPS) is 11.5. The Morgan fingerprint density at radius 1 is 1.31 bits per heavy atom. The van der Waals surface area contributed by atoms with E-state index in [-0.39, 0.29) is 0 Å². The molecule has 1 heterocycles. The van der Waals surface area contributed by atoms with Crippen LogP contribution in [0, 0.1) is 0 Å².